The molecule has 0 unspecified atom stereocenters. The Labute approximate surface area is 258 Å². The predicted molar refractivity (Wildman–Crippen MR) is 170 cm³/mol. The number of rotatable bonds is 12. The summed E-state index contributed by atoms with van der Waals surface area (Å²) in [6, 6.07) is 25.0. The number of carbonyl (C=O) groups excluding carboxylic acids is 2. The van der Waals surface area contributed by atoms with Crippen molar-refractivity contribution in [3.63, 3.8) is 0 Å². The second kappa shape index (κ2) is 14.8. The molecule has 224 valence electrons. The fourth-order valence-electron chi connectivity index (χ4n) is 5.24. The largest absolute Gasteiger partial charge is 0.352 e. The molecule has 4 rings (SSSR count). The molecule has 1 atom stereocenters. The highest BCUT2D eigenvalue weighted by atomic mass is 79.9. The van der Waals surface area contributed by atoms with E-state index in [2.05, 4.69) is 21.2 Å². The average Bonchev–Trinajstić information content (AvgIpc) is 2.99. The second-order valence-corrected chi connectivity index (χ2v) is 13.8. The summed E-state index contributed by atoms with van der Waals surface area (Å²) >= 11 is 3.51. The van der Waals surface area contributed by atoms with E-state index in [0.717, 1.165) is 56.3 Å². The van der Waals surface area contributed by atoms with Crippen LogP contribution in [0.25, 0.3) is 0 Å². The minimum Gasteiger partial charge on any atom is -0.352 e. The third-order valence-electron chi connectivity index (χ3n) is 7.53. The highest BCUT2D eigenvalue weighted by molar-refractivity contribution is 9.10. The number of halogens is 1. The van der Waals surface area contributed by atoms with Crippen molar-refractivity contribution in [1.82, 2.24) is 14.5 Å². The molecule has 8 nitrogen and oxygen atoms in total. The smallest absolute Gasteiger partial charge is 0.304 e. The Balaban J connectivity index is 1.74. The number of hydrogen-bond donors (Lipinski definition) is 1. The van der Waals surface area contributed by atoms with Crippen LogP contribution in [-0.2, 0) is 32.8 Å². The molecule has 0 aliphatic heterocycles. The highest BCUT2D eigenvalue weighted by Gasteiger charge is 2.35. The van der Waals surface area contributed by atoms with Gasteiger partial charge in [-0.1, -0.05) is 95.9 Å². The van der Waals surface area contributed by atoms with Crippen molar-refractivity contribution in [2.24, 2.45) is 0 Å². The van der Waals surface area contributed by atoms with E-state index >= 15 is 0 Å². The minimum absolute atomic E-state index is 0.0577. The van der Waals surface area contributed by atoms with Gasteiger partial charge in [-0.05, 0) is 48.2 Å². The van der Waals surface area contributed by atoms with Crippen molar-refractivity contribution in [2.75, 3.05) is 24.9 Å². The number of hydrogen-bond acceptors (Lipinski definition) is 4. The summed E-state index contributed by atoms with van der Waals surface area (Å²) in [7, 11) is -1.15. The first-order chi connectivity index (χ1) is 20.1. The van der Waals surface area contributed by atoms with Gasteiger partial charge in [0.25, 0.3) is 0 Å². The van der Waals surface area contributed by atoms with Crippen molar-refractivity contribution in [2.45, 2.75) is 57.2 Å². The Kier molecular flexibility index (Phi) is 11.2. The van der Waals surface area contributed by atoms with Crippen molar-refractivity contribution >= 4 is 43.6 Å². The molecular weight excluding hydrogens is 616 g/mol. The van der Waals surface area contributed by atoms with Crippen molar-refractivity contribution in [1.29, 1.82) is 0 Å². The van der Waals surface area contributed by atoms with Gasteiger partial charge in [0.05, 0.1) is 5.69 Å². The van der Waals surface area contributed by atoms with Crippen molar-refractivity contribution < 1.29 is 18.0 Å². The van der Waals surface area contributed by atoms with E-state index in [9.17, 15) is 18.0 Å². The topological polar surface area (TPSA) is 90.0 Å². The van der Waals surface area contributed by atoms with E-state index in [1.807, 2.05) is 54.6 Å². The first kappa shape index (κ1) is 31.7. The Hall–Kier alpha value is -3.21. The quantitative estimate of drug-likeness (QED) is 0.293. The molecule has 0 saturated heterocycles. The second-order valence-electron chi connectivity index (χ2n) is 10.8. The van der Waals surface area contributed by atoms with Crippen LogP contribution in [0.4, 0.5) is 5.69 Å². The minimum atomic E-state index is -4.02. The zero-order valence-corrected chi connectivity index (χ0v) is 26.6. The zero-order chi connectivity index (χ0) is 30.1. The summed E-state index contributed by atoms with van der Waals surface area (Å²) in [5, 5.41) is 3.22. The molecule has 3 aromatic rings. The lowest BCUT2D eigenvalue weighted by Crippen LogP contribution is -2.55. The summed E-state index contributed by atoms with van der Waals surface area (Å²) < 4.78 is 29.9. The fraction of sp³-hybridized carbons (Fsp3) is 0.375. The number of nitrogens with zero attached hydrogens (tertiary/aromatic N) is 3. The van der Waals surface area contributed by atoms with Gasteiger partial charge in [0, 0.05) is 37.6 Å². The van der Waals surface area contributed by atoms with Crippen LogP contribution in [0.5, 0.6) is 0 Å². The predicted octanol–water partition coefficient (Wildman–Crippen LogP) is 5.15. The molecule has 2 amide bonds. The Morgan fingerprint density at radius 3 is 2.12 bits per heavy atom. The average molecular weight is 656 g/mol. The number of carbonyl (C=O) groups is 2. The van der Waals surface area contributed by atoms with Gasteiger partial charge in [0.1, 0.15) is 12.6 Å². The van der Waals surface area contributed by atoms with E-state index in [1.54, 1.807) is 30.3 Å². The molecule has 0 aromatic heterocycles. The van der Waals surface area contributed by atoms with E-state index in [1.165, 1.54) is 19.0 Å². The summed E-state index contributed by atoms with van der Waals surface area (Å²) in [5.74, 6) is -0.695. The van der Waals surface area contributed by atoms with Gasteiger partial charge in [-0.25, -0.2) is 4.31 Å². The zero-order valence-electron chi connectivity index (χ0n) is 24.2. The third-order valence-corrected chi connectivity index (χ3v) is 9.84. The van der Waals surface area contributed by atoms with E-state index in [4.69, 9.17) is 0 Å². The summed E-state index contributed by atoms with van der Waals surface area (Å²) in [5.41, 5.74) is 2.10. The maximum absolute atomic E-state index is 14.3. The van der Waals surface area contributed by atoms with Crippen LogP contribution in [0.1, 0.15) is 43.2 Å². The maximum atomic E-state index is 14.3. The van der Waals surface area contributed by atoms with Crippen LogP contribution in [0, 0.1) is 0 Å². The summed E-state index contributed by atoms with van der Waals surface area (Å²) in [6.45, 7) is -0.320. The van der Waals surface area contributed by atoms with Crippen LogP contribution >= 0.6 is 15.9 Å². The molecule has 1 saturated carbocycles. The molecule has 0 heterocycles. The van der Waals surface area contributed by atoms with Gasteiger partial charge in [0.2, 0.25) is 11.8 Å². The molecule has 1 fully saturated rings. The van der Waals surface area contributed by atoms with E-state index in [0.29, 0.717) is 12.1 Å². The molecule has 0 radical (unpaired) electrons. The molecule has 3 aromatic carbocycles. The lowest BCUT2D eigenvalue weighted by atomic mass is 9.94. The molecule has 0 bridgehead atoms. The molecule has 1 N–H and O–H groups in total. The van der Waals surface area contributed by atoms with Crippen molar-refractivity contribution in [3.8, 4) is 0 Å². The monoisotopic (exact) mass is 654 g/mol. The van der Waals surface area contributed by atoms with Crippen LogP contribution < -0.4 is 9.62 Å². The Morgan fingerprint density at radius 2 is 1.50 bits per heavy atom. The normalized spacial score (nSPS) is 14.8. The van der Waals surface area contributed by atoms with Gasteiger partial charge >= 0.3 is 10.2 Å². The van der Waals surface area contributed by atoms with Gasteiger partial charge in [0.15, 0.2) is 0 Å². The molecule has 1 aliphatic carbocycles. The highest BCUT2D eigenvalue weighted by Crippen LogP contribution is 2.23. The Bertz CT molecular complexity index is 1430. The van der Waals surface area contributed by atoms with E-state index in [-0.39, 0.29) is 18.5 Å². The first-order valence-electron chi connectivity index (χ1n) is 14.3. The van der Waals surface area contributed by atoms with Gasteiger partial charge in [-0.2, -0.15) is 12.7 Å². The van der Waals surface area contributed by atoms with Crippen LogP contribution in [-0.4, -0.2) is 62.2 Å². The van der Waals surface area contributed by atoms with Crippen molar-refractivity contribution in [3.05, 3.63) is 101 Å². The molecule has 1 aliphatic rings. The van der Waals surface area contributed by atoms with E-state index < -0.39 is 28.7 Å². The number of anilines is 1. The summed E-state index contributed by atoms with van der Waals surface area (Å²) in [6.07, 6.45) is 5.39. The van der Waals surface area contributed by atoms with Gasteiger partial charge in [-0.3, -0.25) is 9.59 Å². The van der Waals surface area contributed by atoms with Crippen LogP contribution in [0.3, 0.4) is 0 Å². The first-order valence-corrected chi connectivity index (χ1v) is 16.5. The molecule has 0 spiro atoms. The standard InChI is InChI=1S/C32H39BrN4O4S/c1-35(2)42(40,41)37(29-19-10-5-11-20-29)24-31(38)36(23-26-15-12-16-27(33)21-26)30(22-25-13-6-3-7-14-25)32(39)34-28-17-8-4-9-18-28/h3,5-7,10-16,19-21,28,30H,4,8-9,17-18,22-24H2,1-2H3,(H,34,39)/t30-/m0/s1. The Morgan fingerprint density at radius 1 is 0.881 bits per heavy atom. The summed E-state index contributed by atoms with van der Waals surface area (Å²) in [4.78, 5) is 29.9. The van der Waals surface area contributed by atoms with Gasteiger partial charge < -0.3 is 10.2 Å². The molecular formula is C32H39BrN4O4S. The lowest BCUT2D eigenvalue weighted by Gasteiger charge is -2.35. The SMILES string of the molecule is CN(C)S(=O)(=O)N(CC(=O)N(Cc1cccc(Br)c1)[C@@H](Cc1ccccc1)C(=O)NC1CCCCC1)c1ccccc1. The number of benzene rings is 3. The lowest BCUT2D eigenvalue weighted by molar-refractivity contribution is -0.140. The van der Waals surface area contributed by atoms with Gasteiger partial charge in [-0.15, -0.1) is 0 Å². The third kappa shape index (κ3) is 8.42. The fourth-order valence-corrected chi connectivity index (χ4v) is 6.74. The van der Waals surface area contributed by atoms with Crippen LogP contribution in [0.15, 0.2) is 89.4 Å². The molecule has 10 heteroatoms. The molecule has 42 heavy (non-hydrogen) atoms. The van der Waals surface area contributed by atoms with Crippen LogP contribution in [0.2, 0.25) is 0 Å². The number of para-hydroxylation sites is 1. The number of amides is 2. The number of nitrogens with one attached hydrogen (secondary N) is 1. The maximum Gasteiger partial charge on any atom is 0.304 e.